The van der Waals surface area contributed by atoms with E-state index >= 15 is 0 Å². The maximum Gasteiger partial charge on any atom is 0.0998 e. The van der Waals surface area contributed by atoms with Crippen LogP contribution in [0.5, 0.6) is 0 Å². The number of benzene rings is 8. The molecular formula is C52H38N2. The Morgan fingerprint density at radius 2 is 0.833 bits per heavy atom. The van der Waals surface area contributed by atoms with Crippen molar-refractivity contribution in [1.82, 2.24) is 0 Å². The molecule has 0 aliphatic rings. The predicted octanol–water partition coefficient (Wildman–Crippen LogP) is 14.3. The Balaban J connectivity index is 1.55. The molecule has 10 aromatic carbocycles. The van der Waals surface area contributed by atoms with Crippen LogP contribution < -0.4 is 0 Å². The molecule has 0 saturated heterocycles. The van der Waals surface area contributed by atoms with Gasteiger partial charge in [-0.15, -0.1) is 0 Å². The van der Waals surface area contributed by atoms with Crippen molar-refractivity contribution in [1.29, 1.82) is 10.5 Å². The van der Waals surface area contributed by atoms with Crippen molar-refractivity contribution in [2.45, 2.75) is 52.4 Å². The van der Waals surface area contributed by atoms with Crippen LogP contribution in [0.2, 0.25) is 0 Å². The lowest BCUT2D eigenvalue weighted by molar-refractivity contribution is 0.590. The zero-order valence-corrected chi connectivity index (χ0v) is 31.4. The van der Waals surface area contributed by atoms with Crippen molar-refractivity contribution in [3.8, 4) is 34.4 Å². The first-order chi connectivity index (χ1) is 26.0. The molecule has 0 unspecified atom stereocenters. The van der Waals surface area contributed by atoms with Gasteiger partial charge >= 0.3 is 0 Å². The Hall–Kier alpha value is -6.48. The van der Waals surface area contributed by atoms with E-state index in [0.29, 0.717) is 11.1 Å². The maximum atomic E-state index is 11.0. The number of nitriles is 2. The highest BCUT2D eigenvalue weighted by atomic mass is 14.3. The van der Waals surface area contributed by atoms with Gasteiger partial charge in [-0.05, 0) is 127 Å². The lowest BCUT2D eigenvalue weighted by Gasteiger charge is -2.23. The first-order valence-electron chi connectivity index (χ1n) is 18.8. The number of fused-ring (bicyclic) bond motifs is 8. The van der Waals surface area contributed by atoms with Crippen LogP contribution in [-0.4, -0.2) is 0 Å². The van der Waals surface area contributed by atoms with Crippen LogP contribution in [0.3, 0.4) is 0 Å². The molecule has 0 aliphatic heterocycles. The lowest BCUT2D eigenvalue weighted by atomic mass is 9.79. The van der Waals surface area contributed by atoms with Crippen molar-refractivity contribution >= 4 is 75.4 Å². The topological polar surface area (TPSA) is 47.6 Å². The van der Waals surface area contributed by atoms with Crippen LogP contribution >= 0.6 is 0 Å². The second kappa shape index (κ2) is 11.0. The summed E-state index contributed by atoms with van der Waals surface area (Å²) in [6, 6.07) is 49.2. The monoisotopic (exact) mass is 690 g/mol. The van der Waals surface area contributed by atoms with Crippen LogP contribution in [0.15, 0.2) is 121 Å². The molecule has 256 valence electrons. The molecular weight excluding hydrogens is 653 g/mol. The molecule has 0 N–H and O–H groups in total. The van der Waals surface area contributed by atoms with E-state index in [1.807, 2.05) is 0 Å². The van der Waals surface area contributed by atoms with Gasteiger partial charge in [-0.2, -0.15) is 10.5 Å². The van der Waals surface area contributed by atoms with Crippen LogP contribution in [0.4, 0.5) is 0 Å². The Bertz CT molecular complexity index is 3290. The number of hydrogen-bond donors (Lipinski definition) is 0. The number of nitrogens with zero attached hydrogens (tertiary/aromatic N) is 2. The van der Waals surface area contributed by atoms with E-state index < -0.39 is 0 Å². The molecule has 0 fully saturated rings. The zero-order chi connectivity index (χ0) is 37.3. The standard InChI is InChI=1S/C52H38N2/c1-51(2,3)32-20-22-34(30(24-32)27-53)46-43-26-42-37-15-8-7-14-36(37)38-16-11-19-41(45(38)42)47(43)48(35-23-21-33(52(4,5)6)25-31(35)28-54)50-40-18-10-13-29-12-9-17-39(44(29)40)49(46)50/h7-26H,1-6H3. The van der Waals surface area contributed by atoms with Crippen molar-refractivity contribution in [2.24, 2.45) is 0 Å². The van der Waals surface area contributed by atoms with Crippen molar-refractivity contribution in [3.05, 3.63) is 144 Å². The lowest BCUT2D eigenvalue weighted by Crippen LogP contribution is -2.11. The summed E-state index contributed by atoms with van der Waals surface area (Å²) in [5.41, 5.74) is 7.38. The van der Waals surface area contributed by atoms with E-state index in [-0.39, 0.29) is 10.8 Å². The highest BCUT2D eigenvalue weighted by molar-refractivity contribution is 6.45. The second-order valence-electron chi connectivity index (χ2n) is 17.1. The fraction of sp³-hybridized carbons (Fsp3) is 0.154. The van der Waals surface area contributed by atoms with Gasteiger partial charge in [-0.3, -0.25) is 0 Å². The predicted molar refractivity (Wildman–Crippen MR) is 229 cm³/mol. The Labute approximate surface area is 315 Å². The zero-order valence-electron chi connectivity index (χ0n) is 31.4. The summed E-state index contributed by atoms with van der Waals surface area (Å²) >= 11 is 0. The minimum atomic E-state index is -0.117. The summed E-state index contributed by atoms with van der Waals surface area (Å²) < 4.78 is 0. The molecule has 0 radical (unpaired) electrons. The molecule has 2 nitrogen and oxygen atoms in total. The highest BCUT2D eigenvalue weighted by Crippen LogP contribution is 2.55. The van der Waals surface area contributed by atoms with E-state index in [9.17, 15) is 10.5 Å². The summed E-state index contributed by atoms with van der Waals surface area (Å²) in [5, 5.41) is 38.4. The van der Waals surface area contributed by atoms with E-state index in [1.54, 1.807) is 0 Å². The molecule has 0 aliphatic carbocycles. The summed E-state index contributed by atoms with van der Waals surface area (Å²) in [6.07, 6.45) is 0. The molecule has 0 spiro atoms. The maximum absolute atomic E-state index is 11.0. The number of rotatable bonds is 2. The average Bonchev–Trinajstić information content (AvgIpc) is 3.67. The van der Waals surface area contributed by atoms with Crippen molar-refractivity contribution in [3.63, 3.8) is 0 Å². The Morgan fingerprint density at radius 3 is 1.39 bits per heavy atom. The van der Waals surface area contributed by atoms with Crippen LogP contribution in [-0.2, 0) is 10.8 Å². The molecule has 0 atom stereocenters. The smallest absolute Gasteiger partial charge is 0.0998 e. The summed E-state index contributed by atoms with van der Waals surface area (Å²) in [5.74, 6) is 0. The largest absolute Gasteiger partial charge is 0.192 e. The molecule has 0 amide bonds. The quantitative estimate of drug-likeness (QED) is 0.170. The minimum Gasteiger partial charge on any atom is -0.192 e. The van der Waals surface area contributed by atoms with Gasteiger partial charge in [-0.1, -0.05) is 145 Å². The van der Waals surface area contributed by atoms with Gasteiger partial charge in [0.15, 0.2) is 0 Å². The van der Waals surface area contributed by atoms with Gasteiger partial charge in [0.2, 0.25) is 0 Å². The molecule has 0 saturated carbocycles. The first-order valence-corrected chi connectivity index (χ1v) is 18.8. The van der Waals surface area contributed by atoms with Crippen LogP contribution in [0.1, 0.15) is 63.8 Å². The van der Waals surface area contributed by atoms with E-state index in [1.165, 1.54) is 37.7 Å². The number of hydrogen-bond acceptors (Lipinski definition) is 2. The third kappa shape index (κ3) is 4.32. The third-order valence-corrected chi connectivity index (χ3v) is 11.9. The fourth-order valence-corrected chi connectivity index (χ4v) is 9.34. The van der Waals surface area contributed by atoms with Crippen molar-refractivity contribution < 1.29 is 0 Å². The third-order valence-electron chi connectivity index (χ3n) is 11.9. The van der Waals surface area contributed by atoms with Gasteiger partial charge in [0.25, 0.3) is 0 Å². The molecule has 0 aromatic heterocycles. The van der Waals surface area contributed by atoms with Gasteiger partial charge < -0.3 is 0 Å². The SMILES string of the molecule is CC(C)(C)c1ccc(-c2c3cc4c5ccccc5c5cccc(c3c(-c3ccc(C(C)(C)C)cc3C#N)c3c6cccc7cccc(c23)c76)c54)c(C#N)c1. The van der Waals surface area contributed by atoms with E-state index in [4.69, 9.17) is 0 Å². The molecule has 0 bridgehead atoms. The van der Waals surface area contributed by atoms with Crippen LogP contribution in [0, 0.1) is 22.7 Å². The molecule has 0 heterocycles. The fourth-order valence-electron chi connectivity index (χ4n) is 9.34. The van der Waals surface area contributed by atoms with E-state index in [2.05, 4.69) is 175 Å². The average molecular weight is 691 g/mol. The second-order valence-corrected chi connectivity index (χ2v) is 17.1. The summed E-state index contributed by atoms with van der Waals surface area (Å²) in [4.78, 5) is 0. The normalized spacial score (nSPS) is 12.6. The summed E-state index contributed by atoms with van der Waals surface area (Å²) in [7, 11) is 0. The van der Waals surface area contributed by atoms with E-state index in [0.717, 1.165) is 71.1 Å². The molecule has 10 rings (SSSR count). The van der Waals surface area contributed by atoms with Crippen LogP contribution in [0.25, 0.3) is 97.7 Å². The molecule has 54 heavy (non-hydrogen) atoms. The first kappa shape index (κ1) is 32.2. The summed E-state index contributed by atoms with van der Waals surface area (Å²) in [6.45, 7) is 13.2. The van der Waals surface area contributed by atoms with Gasteiger partial charge in [0, 0.05) is 11.1 Å². The van der Waals surface area contributed by atoms with Gasteiger partial charge in [0.05, 0.1) is 23.3 Å². The highest BCUT2D eigenvalue weighted by Gasteiger charge is 2.29. The van der Waals surface area contributed by atoms with Gasteiger partial charge in [0.1, 0.15) is 0 Å². The Morgan fingerprint density at radius 1 is 0.370 bits per heavy atom. The molecule has 10 aromatic rings. The van der Waals surface area contributed by atoms with Crippen molar-refractivity contribution in [2.75, 3.05) is 0 Å². The van der Waals surface area contributed by atoms with Gasteiger partial charge in [-0.25, -0.2) is 0 Å². The minimum absolute atomic E-state index is 0.116. The molecule has 2 heteroatoms. The Kier molecular flexibility index (Phi) is 6.57.